The summed E-state index contributed by atoms with van der Waals surface area (Å²) in [5.41, 5.74) is 0. The molecule has 1 aliphatic heterocycles. The third-order valence-corrected chi connectivity index (χ3v) is 9.60. The number of aliphatic hydroxyl groups is 3. The Bertz CT molecular complexity index is 1000. The van der Waals surface area contributed by atoms with Gasteiger partial charge in [-0.3, -0.25) is 14.1 Å². The van der Waals surface area contributed by atoms with E-state index < -0.39 is 71.2 Å². The largest absolute Gasteiger partial charge is 0.462 e. The monoisotopic (exact) mass is 736 g/mol. The second kappa shape index (κ2) is 28.9. The molecule has 0 aromatic carbocycles. The summed E-state index contributed by atoms with van der Waals surface area (Å²) in [6.45, 7) is 3.67. The zero-order valence-electron chi connectivity index (χ0n) is 30.8. The van der Waals surface area contributed by atoms with Crippen molar-refractivity contribution in [2.45, 2.75) is 192 Å². The van der Waals surface area contributed by atoms with Gasteiger partial charge in [-0.15, -0.1) is 0 Å². The van der Waals surface area contributed by atoms with E-state index in [1.54, 1.807) is 0 Å². The number of carbonyl (C=O) groups is 2. The van der Waals surface area contributed by atoms with Crippen LogP contribution in [0.2, 0.25) is 0 Å². The van der Waals surface area contributed by atoms with Crippen LogP contribution in [-0.4, -0.2) is 96.0 Å². The molecule has 4 N–H and O–H groups in total. The van der Waals surface area contributed by atoms with Crippen LogP contribution in [0.15, 0.2) is 12.2 Å². The van der Waals surface area contributed by atoms with E-state index >= 15 is 0 Å². The molecule has 0 spiro atoms. The van der Waals surface area contributed by atoms with Crippen LogP contribution in [0.25, 0.3) is 0 Å². The molecule has 0 aliphatic carbocycles. The maximum Gasteiger partial charge on any atom is 0.306 e. The Balaban J connectivity index is 2.54. The van der Waals surface area contributed by atoms with Gasteiger partial charge in [0.25, 0.3) is 10.1 Å². The van der Waals surface area contributed by atoms with Crippen molar-refractivity contribution in [2.24, 2.45) is 0 Å². The number of unbranched alkanes of at least 4 members (excludes halogenated alkanes) is 17. The van der Waals surface area contributed by atoms with Crippen LogP contribution in [0.5, 0.6) is 0 Å². The van der Waals surface area contributed by atoms with Crippen molar-refractivity contribution >= 4 is 22.1 Å². The first kappa shape index (κ1) is 46.4. The van der Waals surface area contributed by atoms with Crippen molar-refractivity contribution in [3.63, 3.8) is 0 Å². The van der Waals surface area contributed by atoms with Crippen LogP contribution in [0.3, 0.4) is 0 Å². The normalized spacial score (nSPS) is 21.8. The molecule has 0 bridgehead atoms. The van der Waals surface area contributed by atoms with Gasteiger partial charge < -0.3 is 34.3 Å². The molecule has 0 aromatic heterocycles. The topological polar surface area (TPSA) is 186 Å². The molecular formula is C37H68O12S. The average Bonchev–Trinajstić information content (AvgIpc) is 3.07. The number of aliphatic hydroxyl groups excluding tert-OH is 3. The van der Waals surface area contributed by atoms with E-state index in [2.05, 4.69) is 26.0 Å². The molecular weight excluding hydrogens is 668 g/mol. The van der Waals surface area contributed by atoms with Crippen LogP contribution >= 0.6 is 0 Å². The van der Waals surface area contributed by atoms with Gasteiger partial charge in [0.15, 0.2) is 12.4 Å². The highest BCUT2D eigenvalue weighted by molar-refractivity contribution is 7.85. The maximum atomic E-state index is 12.7. The third-order valence-electron chi connectivity index (χ3n) is 8.85. The highest BCUT2D eigenvalue weighted by Gasteiger charge is 2.46. The summed E-state index contributed by atoms with van der Waals surface area (Å²) in [6.07, 6.45) is 17.1. The Morgan fingerprint density at radius 1 is 0.660 bits per heavy atom. The molecule has 1 fully saturated rings. The molecule has 1 rings (SSSR count). The predicted molar refractivity (Wildman–Crippen MR) is 192 cm³/mol. The number of allylic oxidation sites excluding steroid dienone is 2. The van der Waals surface area contributed by atoms with Crippen LogP contribution in [0.1, 0.15) is 155 Å². The lowest BCUT2D eigenvalue weighted by Crippen LogP contribution is -2.60. The standard InChI is InChI=1S/C37H68O12S/c1-3-5-7-9-11-13-15-17-19-21-23-25-32(38)46-27-30(48-33(39)26-24-22-20-18-16-14-12-10-8-6-4-2)28-47-37-36(42)35(41)34(40)31(49-37)29-50(43,44)45/h10,12,30-31,34-37,40-42H,3-9,11,13-29H2,1-2H3,(H,43,44,45)/b12-10+/t30-,31-,34-,35?,36?,37+/m1/s1. The summed E-state index contributed by atoms with van der Waals surface area (Å²) in [5, 5.41) is 30.7. The van der Waals surface area contributed by atoms with E-state index in [4.69, 9.17) is 18.9 Å². The van der Waals surface area contributed by atoms with E-state index in [0.29, 0.717) is 12.8 Å². The number of ether oxygens (including phenoxy) is 4. The van der Waals surface area contributed by atoms with E-state index in [-0.39, 0.29) is 19.4 Å². The van der Waals surface area contributed by atoms with Gasteiger partial charge >= 0.3 is 11.9 Å². The highest BCUT2D eigenvalue weighted by atomic mass is 32.2. The summed E-state index contributed by atoms with van der Waals surface area (Å²) in [6, 6.07) is 0. The maximum absolute atomic E-state index is 12.7. The van der Waals surface area contributed by atoms with E-state index in [9.17, 15) is 37.9 Å². The molecule has 2 unspecified atom stereocenters. The molecule has 12 nitrogen and oxygen atoms in total. The summed E-state index contributed by atoms with van der Waals surface area (Å²) < 4.78 is 53.7. The Kier molecular flexibility index (Phi) is 26.8. The molecule has 0 amide bonds. The van der Waals surface area contributed by atoms with Gasteiger partial charge in [-0.05, 0) is 32.1 Å². The van der Waals surface area contributed by atoms with Crippen molar-refractivity contribution in [1.82, 2.24) is 0 Å². The number of hydrogen-bond acceptors (Lipinski definition) is 11. The molecule has 1 heterocycles. The van der Waals surface area contributed by atoms with Crippen molar-refractivity contribution < 1.29 is 56.8 Å². The van der Waals surface area contributed by atoms with Crippen LogP contribution in [-0.2, 0) is 38.7 Å². The molecule has 0 saturated carbocycles. The molecule has 6 atom stereocenters. The van der Waals surface area contributed by atoms with Crippen LogP contribution < -0.4 is 0 Å². The van der Waals surface area contributed by atoms with Gasteiger partial charge in [0, 0.05) is 12.8 Å². The second-order valence-electron chi connectivity index (χ2n) is 13.6. The average molecular weight is 737 g/mol. The molecule has 13 heteroatoms. The van der Waals surface area contributed by atoms with Gasteiger partial charge in [0.1, 0.15) is 36.8 Å². The molecule has 1 aliphatic rings. The lowest BCUT2D eigenvalue weighted by Gasteiger charge is -2.40. The zero-order valence-corrected chi connectivity index (χ0v) is 31.6. The summed E-state index contributed by atoms with van der Waals surface area (Å²) in [5.74, 6) is -1.99. The van der Waals surface area contributed by atoms with Crippen LogP contribution in [0, 0.1) is 0 Å². The lowest BCUT2D eigenvalue weighted by atomic mass is 10.00. The number of hydrogen-bond donors (Lipinski definition) is 4. The fourth-order valence-electron chi connectivity index (χ4n) is 5.77. The van der Waals surface area contributed by atoms with Gasteiger partial charge in [-0.25, -0.2) is 0 Å². The molecule has 1 saturated heterocycles. The Morgan fingerprint density at radius 2 is 1.16 bits per heavy atom. The first-order valence-corrected chi connectivity index (χ1v) is 20.9. The molecule has 294 valence electrons. The number of rotatable bonds is 31. The van der Waals surface area contributed by atoms with Crippen molar-refractivity contribution in [1.29, 1.82) is 0 Å². The third kappa shape index (κ3) is 23.8. The van der Waals surface area contributed by atoms with Crippen LogP contribution in [0.4, 0.5) is 0 Å². The minimum atomic E-state index is -4.59. The quantitative estimate of drug-likeness (QED) is 0.0269. The van der Waals surface area contributed by atoms with Gasteiger partial charge in [-0.2, -0.15) is 8.42 Å². The minimum Gasteiger partial charge on any atom is -0.462 e. The lowest BCUT2D eigenvalue weighted by molar-refractivity contribution is -0.297. The smallest absolute Gasteiger partial charge is 0.306 e. The van der Waals surface area contributed by atoms with E-state index in [1.165, 1.54) is 57.8 Å². The number of carbonyl (C=O) groups excluding carboxylic acids is 2. The number of esters is 2. The molecule has 0 radical (unpaired) electrons. The molecule has 50 heavy (non-hydrogen) atoms. The van der Waals surface area contributed by atoms with E-state index in [1.807, 2.05) is 0 Å². The van der Waals surface area contributed by atoms with Gasteiger partial charge in [0.05, 0.1) is 6.61 Å². The first-order chi connectivity index (χ1) is 24.0. The highest BCUT2D eigenvalue weighted by Crippen LogP contribution is 2.24. The first-order valence-electron chi connectivity index (χ1n) is 19.2. The Labute approximate surface area is 301 Å². The fourth-order valence-corrected chi connectivity index (χ4v) is 6.46. The summed E-state index contributed by atoms with van der Waals surface area (Å²) in [7, 11) is -4.59. The SMILES string of the molecule is CCCC/C=C/CCCCCCCC(=O)O[C@H](COC(=O)CCCCCCCCCCCCC)CO[C@H]1O[C@H](CS(=O)(=O)O)[C@@H](O)C(O)C1O. The Morgan fingerprint density at radius 3 is 1.72 bits per heavy atom. The second-order valence-corrected chi connectivity index (χ2v) is 15.1. The summed E-state index contributed by atoms with van der Waals surface area (Å²) in [4.78, 5) is 25.2. The Hall–Kier alpha value is -1.61. The van der Waals surface area contributed by atoms with Gasteiger partial charge in [0.2, 0.25) is 0 Å². The van der Waals surface area contributed by atoms with Crippen molar-refractivity contribution in [3.8, 4) is 0 Å². The summed E-state index contributed by atoms with van der Waals surface area (Å²) >= 11 is 0. The molecule has 0 aromatic rings. The predicted octanol–water partition coefficient (Wildman–Crippen LogP) is 6.33. The zero-order chi connectivity index (χ0) is 37.0. The van der Waals surface area contributed by atoms with E-state index in [0.717, 1.165) is 57.8 Å². The minimum absolute atomic E-state index is 0.157. The van der Waals surface area contributed by atoms with Crippen molar-refractivity contribution in [3.05, 3.63) is 12.2 Å². The van der Waals surface area contributed by atoms with Gasteiger partial charge in [-0.1, -0.05) is 122 Å². The fraction of sp³-hybridized carbons (Fsp3) is 0.892. The van der Waals surface area contributed by atoms with Crippen molar-refractivity contribution in [2.75, 3.05) is 19.0 Å².